The molecule has 1 rings (SSSR count). The molecule has 0 bridgehead atoms. The van der Waals surface area contributed by atoms with Crippen LogP contribution in [0.15, 0.2) is 12.1 Å². The summed E-state index contributed by atoms with van der Waals surface area (Å²) in [5, 5.41) is 11.2. The van der Waals surface area contributed by atoms with Gasteiger partial charge in [-0.15, -0.1) is 0 Å². The number of benzene rings is 1. The maximum atomic E-state index is 13.3. The van der Waals surface area contributed by atoms with Crippen molar-refractivity contribution in [2.75, 3.05) is 13.2 Å². The van der Waals surface area contributed by atoms with Gasteiger partial charge in [0, 0.05) is 18.7 Å². The Morgan fingerprint density at radius 3 is 2.71 bits per heavy atom. The Morgan fingerprint density at radius 2 is 2.07 bits per heavy atom. The van der Waals surface area contributed by atoms with E-state index >= 15 is 0 Å². The SMILES string of the molecule is Cc1ccc(F)c(CNCCO)c1F. The average Bonchev–Trinajstić information content (AvgIpc) is 2.18. The molecular weight excluding hydrogens is 188 g/mol. The third-order valence-electron chi connectivity index (χ3n) is 1.97. The van der Waals surface area contributed by atoms with Gasteiger partial charge in [0.25, 0.3) is 0 Å². The van der Waals surface area contributed by atoms with Gasteiger partial charge in [-0.05, 0) is 18.6 Å². The van der Waals surface area contributed by atoms with Crippen LogP contribution in [0.1, 0.15) is 11.1 Å². The van der Waals surface area contributed by atoms with Crippen LogP contribution in [0.2, 0.25) is 0 Å². The lowest BCUT2D eigenvalue weighted by atomic mass is 10.1. The maximum absolute atomic E-state index is 13.3. The Labute approximate surface area is 81.6 Å². The molecule has 78 valence electrons. The van der Waals surface area contributed by atoms with Gasteiger partial charge in [0.2, 0.25) is 0 Å². The van der Waals surface area contributed by atoms with E-state index in [1.807, 2.05) is 0 Å². The zero-order valence-electron chi connectivity index (χ0n) is 7.98. The molecule has 0 spiro atoms. The van der Waals surface area contributed by atoms with Gasteiger partial charge in [-0.2, -0.15) is 0 Å². The molecule has 2 N–H and O–H groups in total. The zero-order chi connectivity index (χ0) is 10.6. The first-order valence-corrected chi connectivity index (χ1v) is 4.42. The molecule has 0 aromatic heterocycles. The van der Waals surface area contributed by atoms with Crippen LogP contribution < -0.4 is 5.32 Å². The number of hydrogen-bond donors (Lipinski definition) is 2. The normalized spacial score (nSPS) is 10.6. The number of nitrogens with one attached hydrogen (secondary N) is 1. The van der Waals surface area contributed by atoms with Crippen molar-refractivity contribution >= 4 is 0 Å². The minimum absolute atomic E-state index is 0.0263. The fourth-order valence-electron chi connectivity index (χ4n) is 1.17. The van der Waals surface area contributed by atoms with Crippen molar-refractivity contribution in [2.24, 2.45) is 0 Å². The smallest absolute Gasteiger partial charge is 0.133 e. The van der Waals surface area contributed by atoms with Gasteiger partial charge in [-0.1, -0.05) is 6.07 Å². The summed E-state index contributed by atoms with van der Waals surface area (Å²) in [5.41, 5.74) is 0.450. The Morgan fingerprint density at radius 1 is 1.36 bits per heavy atom. The van der Waals surface area contributed by atoms with E-state index in [2.05, 4.69) is 5.32 Å². The Kier molecular flexibility index (Phi) is 3.98. The lowest BCUT2D eigenvalue weighted by molar-refractivity contribution is 0.291. The zero-order valence-corrected chi connectivity index (χ0v) is 7.98. The Bertz CT molecular complexity index is 315. The van der Waals surface area contributed by atoms with E-state index in [0.29, 0.717) is 12.1 Å². The lowest BCUT2D eigenvalue weighted by Gasteiger charge is -2.07. The van der Waals surface area contributed by atoms with Gasteiger partial charge < -0.3 is 10.4 Å². The standard InChI is InChI=1S/C10H13F2NO/c1-7-2-3-9(11)8(10(7)12)6-13-4-5-14/h2-3,13-14H,4-6H2,1H3. The van der Waals surface area contributed by atoms with Crippen LogP contribution in [0.3, 0.4) is 0 Å². The number of halogens is 2. The van der Waals surface area contributed by atoms with Crippen LogP contribution in [-0.2, 0) is 6.54 Å². The number of aliphatic hydroxyl groups is 1. The van der Waals surface area contributed by atoms with E-state index in [-0.39, 0.29) is 18.7 Å². The highest BCUT2D eigenvalue weighted by atomic mass is 19.1. The number of hydrogen-bond acceptors (Lipinski definition) is 2. The van der Waals surface area contributed by atoms with Crippen molar-refractivity contribution in [3.8, 4) is 0 Å². The predicted molar refractivity (Wildman–Crippen MR) is 49.9 cm³/mol. The molecule has 1 aromatic rings. The molecule has 0 atom stereocenters. The number of rotatable bonds is 4. The first-order chi connectivity index (χ1) is 6.66. The van der Waals surface area contributed by atoms with Gasteiger partial charge >= 0.3 is 0 Å². The Balaban J connectivity index is 2.79. The monoisotopic (exact) mass is 201 g/mol. The van der Waals surface area contributed by atoms with Crippen molar-refractivity contribution in [2.45, 2.75) is 13.5 Å². The summed E-state index contributed by atoms with van der Waals surface area (Å²) in [6, 6.07) is 2.65. The molecule has 0 aliphatic carbocycles. The second-order valence-corrected chi connectivity index (χ2v) is 3.06. The predicted octanol–water partition coefficient (Wildman–Crippen LogP) is 1.36. The number of aliphatic hydroxyl groups excluding tert-OH is 1. The van der Waals surface area contributed by atoms with Crippen LogP contribution in [-0.4, -0.2) is 18.3 Å². The van der Waals surface area contributed by atoms with Crippen molar-refractivity contribution in [1.82, 2.24) is 5.32 Å². The second kappa shape index (κ2) is 5.02. The fraction of sp³-hybridized carbons (Fsp3) is 0.400. The van der Waals surface area contributed by atoms with Gasteiger partial charge in [0.05, 0.1) is 6.61 Å². The average molecular weight is 201 g/mol. The molecule has 14 heavy (non-hydrogen) atoms. The van der Waals surface area contributed by atoms with Gasteiger partial charge in [0.15, 0.2) is 0 Å². The van der Waals surface area contributed by atoms with Crippen LogP contribution in [0.5, 0.6) is 0 Å². The van der Waals surface area contributed by atoms with Crippen LogP contribution in [0.25, 0.3) is 0 Å². The van der Waals surface area contributed by atoms with Crippen molar-refractivity contribution in [3.63, 3.8) is 0 Å². The van der Waals surface area contributed by atoms with E-state index < -0.39 is 11.6 Å². The highest BCUT2D eigenvalue weighted by Crippen LogP contribution is 2.15. The highest BCUT2D eigenvalue weighted by molar-refractivity contribution is 5.26. The second-order valence-electron chi connectivity index (χ2n) is 3.06. The van der Waals surface area contributed by atoms with E-state index in [1.165, 1.54) is 12.1 Å². The molecule has 2 nitrogen and oxygen atoms in total. The molecule has 0 saturated heterocycles. The van der Waals surface area contributed by atoms with Crippen LogP contribution in [0.4, 0.5) is 8.78 Å². The quantitative estimate of drug-likeness (QED) is 0.721. The molecule has 0 saturated carbocycles. The summed E-state index contributed by atoms with van der Waals surface area (Å²) in [5.74, 6) is -1.08. The third kappa shape index (κ3) is 2.49. The van der Waals surface area contributed by atoms with Crippen LogP contribution >= 0.6 is 0 Å². The lowest BCUT2D eigenvalue weighted by Crippen LogP contribution is -2.19. The molecule has 0 aliphatic rings. The van der Waals surface area contributed by atoms with Crippen molar-refractivity contribution in [1.29, 1.82) is 0 Å². The molecule has 0 radical (unpaired) electrons. The van der Waals surface area contributed by atoms with Crippen LogP contribution in [0, 0.1) is 18.6 Å². The fourth-order valence-corrected chi connectivity index (χ4v) is 1.17. The summed E-state index contributed by atoms with van der Waals surface area (Å²) in [6.45, 7) is 1.96. The molecular formula is C10H13F2NO. The largest absolute Gasteiger partial charge is 0.395 e. The third-order valence-corrected chi connectivity index (χ3v) is 1.97. The summed E-state index contributed by atoms with van der Waals surface area (Å²) in [7, 11) is 0. The van der Waals surface area contributed by atoms with Crippen molar-refractivity contribution < 1.29 is 13.9 Å². The molecule has 0 unspecified atom stereocenters. The molecule has 0 aliphatic heterocycles. The summed E-state index contributed by atoms with van der Waals surface area (Å²) in [4.78, 5) is 0. The molecule has 1 aromatic carbocycles. The van der Waals surface area contributed by atoms with Crippen molar-refractivity contribution in [3.05, 3.63) is 34.9 Å². The Hall–Kier alpha value is -1.00. The maximum Gasteiger partial charge on any atom is 0.133 e. The minimum Gasteiger partial charge on any atom is -0.395 e. The topological polar surface area (TPSA) is 32.3 Å². The molecule has 0 heterocycles. The summed E-state index contributed by atoms with van der Waals surface area (Å²) < 4.78 is 26.5. The van der Waals surface area contributed by atoms with E-state index in [0.717, 1.165) is 0 Å². The van der Waals surface area contributed by atoms with E-state index in [1.54, 1.807) is 6.92 Å². The van der Waals surface area contributed by atoms with E-state index in [4.69, 9.17) is 5.11 Å². The first-order valence-electron chi connectivity index (χ1n) is 4.42. The molecule has 0 fully saturated rings. The van der Waals surface area contributed by atoms with Gasteiger partial charge in [-0.25, -0.2) is 8.78 Å². The summed E-state index contributed by atoms with van der Waals surface area (Å²) >= 11 is 0. The number of aryl methyl sites for hydroxylation is 1. The first kappa shape index (κ1) is 11.1. The molecule has 0 amide bonds. The summed E-state index contributed by atoms with van der Waals surface area (Å²) in [6.07, 6.45) is 0. The van der Waals surface area contributed by atoms with E-state index in [9.17, 15) is 8.78 Å². The van der Waals surface area contributed by atoms with Gasteiger partial charge in [0.1, 0.15) is 11.6 Å². The molecule has 4 heteroatoms. The van der Waals surface area contributed by atoms with Gasteiger partial charge in [-0.3, -0.25) is 0 Å². The minimum atomic E-state index is -0.557. The highest BCUT2D eigenvalue weighted by Gasteiger charge is 2.10.